The maximum atomic E-state index is 12.8. The third-order valence-electron chi connectivity index (χ3n) is 3.74. The molecule has 0 fully saturated rings. The Hall–Kier alpha value is -2.01. The van der Waals surface area contributed by atoms with Crippen molar-refractivity contribution >= 4 is 16.6 Å². The van der Waals surface area contributed by atoms with Gasteiger partial charge in [0.1, 0.15) is 17.3 Å². The summed E-state index contributed by atoms with van der Waals surface area (Å²) in [5, 5.41) is 9.65. The lowest BCUT2D eigenvalue weighted by atomic mass is 10.0. The van der Waals surface area contributed by atoms with Crippen LogP contribution < -0.4 is 0 Å². The Morgan fingerprint density at radius 1 is 1.00 bits per heavy atom. The van der Waals surface area contributed by atoms with Gasteiger partial charge in [-0.25, -0.2) is 4.39 Å². The molecule has 0 heterocycles. The third-order valence-corrected chi connectivity index (χ3v) is 5.20. The number of Topliss-reactive ketones (excluding diaryl/α,β-unsaturated/α-hetero) is 1. The highest BCUT2D eigenvalue weighted by Gasteiger charge is 2.08. The largest absolute Gasteiger partial charge is 0.508 e. The SMILES string of the molecule is O=C(CCCCCS(=O)c1ccc(F)cc1)Cc1ccccc1O. The number of aromatic hydroxyl groups is 1. The Bertz CT molecular complexity index is 698. The number of unbranched alkanes of at least 4 members (excludes halogenated alkanes) is 2. The molecule has 0 aromatic heterocycles. The zero-order chi connectivity index (χ0) is 17.4. The fourth-order valence-electron chi connectivity index (χ4n) is 2.40. The first-order valence-electron chi connectivity index (χ1n) is 7.99. The highest BCUT2D eigenvalue weighted by atomic mass is 32.2. The average molecular weight is 348 g/mol. The molecule has 2 rings (SSSR count). The van der Waals surface area contributed by atoms with Crippen molar-refractivity contribution in [2.75, 3.05) is 5.75 Å². The normalized spacial score (nSPS) is 12.0. The summed E-state index contributed by atoms with van der Waals surface area (Å²) in [4.78, 5) is 12.5. The predicted molar refractivity (Wildman–Crippen MR) is 93.0 cm³/mol. The second-order valence-electron chi connectivity index (χ2n) is 5.66. The number of rotatable bonds is 9. The van der Waals surface area contributed by atoms with Crippen molar-refractivity contribution in [1.82, 2.24) is 0 Å². The predicted octanol–water partition coefficient (Wildman–Crippen LogP) is 4.01. The minimum absolute atomic E-state index is 0.0937. The van der Waals surface area contributed by atoms with Crippen molar-refractivity contribution in [3.63, 3.8) is 0 Å². The number of halogens is 1. The molecule has 0 bridgehead atoms. The van der Waals surface area contributed by atoms with Gasteiger partial charge in [0.2, 0.25) is 0 Å². The van der Waals surface area contributed by atoms with Crippen LogP contribution in [0.3, 0.4) is 0 Å². The second-order valence-corrected chi connectivity index (χ2v) is 7.23. The van der Waals surface area contributed by atoms with E-state index in [9.17, 15) is 18.5 Å². The number of phenols is 1. The van der Waals surface area contributed by atoms with Gasteiger partial charge in [0.05, 0.1) is 10.8 Å². The van der Waals surface area contributed by atoms with Crippen LogP contribution in [0.2, 0.25) is 0 Å². The van der Waals surface area contributed by atoms with Gasteiger partial charge in [0, 0.05) is 29.1 Å². The number of hydrogen-bond donors (Lipinski definition) is 1. The van der Waals surface area contributed by atoms with Crippen LogP contribution in [0.25, 0.3) is 0 Å². The molecule has 3 nitrogen and oxygen atoms in total. The Morgan fingerprint density at radius 2 is 1.71 bits per heavy atom. The molecule has 0 amide bonds. The van der Waals surface area contributed by atoms with Crippen molar-refractivity contribution in [1.29, 1.82) is 0 Å². The number of carbonyl (C=O) groups excluding carboxylic acids is 1. The zero-order valence-electron chi connectivity index (χ0n) is 13.4. The lowest BCUT2D eigenvalue weighted by Gasteiger charge is -2.04. The standard InChI is InChI=1S/C19H21FO3S/c20-16-9-11-18(12-10-16)24(23)13-5-1-2-7-17(21)14-15-6-3-4-8-19(15)22/h3-4,6,8-12,22H,1-2,5,7,13-14H2. The maximum Gasteiger partial charge on any atom is 0.137 e. The van der Waals surface area contributed by atoms with Crippen LogP contribution in [-0.2, 0) is 22.0 Å². The van der Waals surface area contributed by atoms with E-state index in [-0.39, 0.29) is 23.8 Å². The van der Waals surface area contributed by atoms with Gasteiger partial charge in [-0.1, -0.05) is 24.6 Å². The van der Waals surface area contributed by atoms with E-state index in [0.717, 1.165) is 19.3 Å². The zero-order valence-corrected chi connectivity index (χ0v) is 14.2. The molecule has 0 radical (unpaired) electrons. The molecular weight excluding hydrogens is 327 g/mol. The molecular formula is C19H21FO3S. The Balaban J connectivity index is 1.64. The molecule has 0 saturated heterocycles. The first kappa shape index (κ1) is 18.3. The Morgan fingerprint density at radius 3 is 2.42 bits per heavy atom. The molecule has 1 unspecified atom stereocenters. The van der Waals surface area contributed by atoms with E-state index in [4.69, 9.17) is 0 Å². The van der Waals surface area contributed by atoms with Gasteiger partial charge in [-0.05, 0) is 43.2 Å². The molecule has 0 saturated carbocycles. The van der Waals surface area contributed by atoms with Gasteiger partial charge in [0.15, 0.2) is 0 Å². The molecule has 1 atom stereocenters. The van der Waals surface area contributed by atoms with Crippen LogP contribution in [0.1, 0.15) is 31.2 Å². The fraction of sp³-hybridized carbons (Fsp3) is 0.316. The summed E-state index contributed by atoms with van der Waals surface area (Å²) < 4.78 is 24.8. The van der Waals surface area contributed by atoms with Crippen molar-refractivity contribution in [3.8, 4) is 5.75 Å². The summed E-state index contributed by atoms with van der Waals surface area (Å²) in [5.41, 5.74) is 0.653. The van der Waals surface area contributed by atoms with Gasteiger partial charge in [-0.15, -0.1) is 0 Å². The minimum Gasteiger partial charge on any atom is -0.508 e. The number of para-hydroxylation sites is 1. The smallest absolute Gasteiger partial charge is 0.137 e. The lowest BCUT2D eigenvalue weighted by Crippen LogP contribution is -2.03. The number of carbonyl (C=O) groups is 1. The fourth-order valence-corrected chi connectivity index (χ4v) is 3.54. The number of benzene rings is 2. The Labute approximate surface area is 144 Å². The van der Waals surface area contributed by atoms with Crippen molar-refractivity contribution in [2.45, 2.75) is 37.0 Å². The first-order valence-corrected chi connectivity index (χ1v) is 9.30. The number of phenolic OH excluding ortho intramolecular Hbond substituents is 1. The van der Waals surface area contributed by atoms with Gasteiger partial charge in [0.25, 0.3) is 0 Å². The van der Waals surface area contributed by atoms with E-state index in [1.54, 1.807) is 36.4 Å². The highest BCUT2D eigenvalue weighted by molar-refractivity contribution is 7.85. The van der Waals surface area contributed by atoms with Gasteiger partial charge >= 0.3 is 0 Å². The van der Waals surface area contributed by atoms with Gasteiger partial charge in [-0.3, -0.25) is 9.00 Å². The van der Waals surface area contributed by atoms with Gasteiger partial charge in [-0.2, -0.15) is 0 Å². The Kier molecular flexibility index (Phi) is 7.12. The van der Waals surface area contributed by atoms with E-state index in [1.165, 1.54) is 12.1 Å². The van der Waals surface area contributed by atoms with E-state index in [1.807, 2.05) is 0 Å². The van der Waals surface area contributed by atoms with E-state index < -0.39 is 10.8 Å². The minimum atomic E-state index is -1.13. The topological polar surface area (TPSA) is 54.4 Å². The molecule has 5 heteroatoms. The molecule has 0 aliphatic carbocycles. The molecule has 0 aliphatic rings. The first-order chi connectivity index (χ1) is 11.6. The number of hydrogen-bond acceptors (Lipinski definition) is 3. The summed E-state index contributed by atoms with van der Waals surface area (Å²) in [6, 6.07) is 12.6. The third kappa shape index (κ3) is 5.89. The summed E-state index contributed by atoms with van der Waals surface area (Å²) in [6.45, 7) is 0. The van der Waals surface area contributed by atoms with Crippen LogP contribution in [-0.4, -0.2) is 20.9 Å². The van der Waals surface area contributed by atoms with E-state index in [0.29, 0.717) is 22.6 Å². The molecule has 128 valence electrons. The van der Waals surface area contributed by atoms with E-state index in [2.05, 4.69) is 0 Å². The summed E-state index contributed by atoms with van der Waals surface area (Å²) >= 11 is 0. The molecule has 1 N–H and O–H groups in total. The number of ketones is 1. The quantitative estimate of drug-likeness (QED) is 0.697. The van der Waals surface area contributed by atoms with E-state index >= 15 is 0 Å². The highest BCUT2D eigenvalue weighted by Crippen LogP contribution is 2.17. The summed E-state index contributed by atoms with van der Waals surface area (Å²) in [7, 11) is -1.13. The van der Waals surface area contributed by atoms with Crippen LogP contribution in [0.4, 0.5) is 4.39 Å². The van der Waals surface area contributed by atoms with Crippen LogP contribution >= 0.6 is 0 Å². The van der Waals surface area contributed by atoms with Crippen LogP contribution in [0.5, 0.6) is 5.75 Å². The molecule has 2 aromatic rings. The van der Waals surface area contributed by atoms with Crippen LogP contribution in [0, 0.1) is 5.82 Å². The molecule has 0 aliphatic heterocycles. The summed E-state index contributed by atoms with van der Waals surface area (Å²) in [5.74, 6) is 0.426. The van der Waals surface area contributed by atoms with Crippen molar-refractivity contribution < 1.29 is 18.5 Å². The van der Waals surface area contributed by atoms with Crippen LogP contribution in [0.15, 0.2) is 53.4 Å². The monoisotopic (exact) mass is 348 g/mol. The average Bonchev–Trinajstić information content (AvgIpc) is 2.57. The van der Waals surface area contributed by atoms with Crippen molar-refractivity contribution in [3.05, 3.63) is 59.9 Å². The lowest BCUT2D eigenvalue weighted by molar-refractivity contribution is -0.118. The molecule has 0 spiro atoms. The maximum absolute atomic E-state index is 12.8. The van der Waals surface area contributed by atoms with Crippen molar-refractivity contribution in [2.24, 2.45) is 0 Å². The molecule has 2 aromatic carbocycles. The molecule has 24 heavy (non-hydrogen) atoms. The summed E-state index contributed by atoms with van der Waals surface area (Å²) in [6.07, 6.45) is 3.02. The van der Waals surface area contributed by atoms with Gasteiger partial charge < -0.3 is 5.11 Å². The second kappa shape index (κ2) is 9.33.